The van der Waals surface area contributed by atoms with Crippen molar-refractivity contribution in [3.63, 3.8) is 0 Å². The molecule has 0 radical (unpaired) electrons. The first-order chi connectivity index (χ1) is 7.99. The van der Waals surface area contributed by atoms with Gasteiger partial charge >= 0.3 is 0 Å². The minimum atomic E-state index is -0.327. The van der Waals surface area contributed by atoms with E-state index in [-0.39, 0.29) is 23.1 Å². The molecule has 0 saturated carbocycles. The van der Waals surface area contributed by atoms with Gasteiger partial charge in [0, 0.05) is 15.3 Å². The minimum Gasteiger partial charge on any atom is -0.349 e. The Morgan fingerprint density at radius 3 is 2.59 bits per heavy atom. The van der Waals surface area contributed by atoms with Crippen LogP contribution < -0.4 is 10.9 Å². The van der Waals surface area contributed by atoms with Crippen LogP contribution in [-0.2, 0) is 0 Å². The van der Waals surface area contributed by atoms with Crippen molar-refractivity contribution in [1.29, 1.82) is 0 Å². The zero-order valence-electron chi connectivity index (χ0n) is 10.3. The zero-order chi connectivity index (χ0) is 13.0. The number of H-pyrrole nitrogens is 1. The molecular formula is C12H17IN2O2. The Hall–Kier alpha value is -0.850. The van der Waals surface area contributed by atoms with Gasteiger partial charge in [-0.2, -0.15) is 0 Å². The predicted molar refractivity (Wildman–Crippen MR) is 76.4 cm³/mol. The van der Waals surface area contributed by atoms with Crippen molar-refractivity contribution >= 4 is 28.5 Å². The standard InChI is InChI=1S/C12H17IN2O2/c1-4-8(5-2)15-12(17)9-6-10(13)7(3)14-11(9)16/h6,8H,4-5H2,1-3H3,(H,14,16)(H,15,17). The lowest BCUT2D eigenvalue weighted by Crippen LogP contribution is -2.37. The summed E-state index contributed by atoms with van der Waals surface area (Å²) in [6.45, 7) is 5.83. The van der Waals surface area contributed by atoms with E-state index in [1.165, 1.54) is 0 Å². The van der Waals surface area contributed by atoms with Crippen molar-refractivity contribution in [1.82, 2.24) is 10.3 Å². The Morgan fingerprint density at radius 1 is 1.47 bits per heavy atom. The molecule has 0 fully saturated rings. The maximum absolute atomic E-state index is 11.9. The Kier molecular flexibility index (Phi) is 5.17. The second-order valence-corrected chi connectivity index (χ2v) is 5.13. The van der Waals surface area contributed by atoms with Crippen LogP contribution in [0, 0.1) is 10.5 Å². The number of rotatable bonds is 4. The van der Waals surface area contributed by atoms with Gasteiger partial charge in [-0.3, -0.25) is 9.59 Å². The van der Waals surface area contributed by atoms with Crippen LogP contribution in [0.3, 0.4) is 0 Å². The SMILES string of the molecule is CCC(CC)NC(=O)c1cc(I)c(C)[nH]c1=O. The maximum Gasteiger partial charge on any atom is 0.261 e. The zero-order valence-corrected chi connectivity index (χ0v) is 12.4. The second-order valence-electron chi connectivity index (χ2n) is 3.97. The first kappa shape index (κ1) is 14.2. The molecule has 0 spiro atoms. The molecule has 0 aliphatic heterocycles. The number of pyridine rings is 1. The average Bonchev–Trinajstić information content (AvgIpc) is 2.30. The fraction of sp³-hybridized carbons (Fsp3) is 0.500. The van der Waals surface area contributed by atoms with Gasteiger partial charge in [-0.05, 0) is 48.4 Å². The fourth-order valence-corrected chi connectivity index (χ4v) is 1.97. The van der Waals surface area contributed by atoms with Gasteiger partial charge in [-0.1, -0.05) is 13.8 Å². The van der Waals surface area contributed by atoms with Crippen LogP contribution in [0.25, 0.3) is 0 Å². The summed E-state index contributed by atoms with van der Waals surface area (Å²) in [5.41, 5.74) is 0.646. The normalized spacial score (nSPS) is 10.6. The van der Waals surface area contributed by atoms with Crippen LogP contribution in [0.2, 0.25) is 0 Å². The van der Waals surface area contributed by atoms with E-state index in [1.54, 1.807) is 6.07 Å². The number of aromatic amines is 1. The first-order valence-electron chi connectivity index (χ1n) is 5.69. The Morgan fingerprint density at radius 2 is 2.06 bits per heavy atom. The summed E-state index contributed by atoms with van der Waals surface area (Å²) in [6.07, 6.45) is 1.73. The highest BCUT2D eigenvalue weighted by atomic mass is 127. The third-order valence-electron chi connectivity index (χ3n) is 2.74. The smallest absolute Gasteiger partial charge is 0.261 e. The molecule has 0 saturated heterocycles. The van der Waals surface area contributed by atoms with Crippen molar-refractivity contribution in [3.05, 3.63) is 31.2 Å². The van der Waals surface area contributed by atoms with Crippen LogP contribution in [0.15, 0.2) is 10.9 Å². The maximum atomic E-state index is 11.9. The van der Waals surface area contributed by atoms with E-state index in [4.69, 9.17) is 0 Å². The van der Waals surface area contributed by atoms with Crippen molar-refractivity contribution in [2.24, 2.45) is 0 Å². The number of aromatic nitrogens is 1. The minimum absolute atomic E-state index is 0.126. The van der Waals surface area contributed by atoms with E-state index in [2.05, 4.69) is 32.9 Å². The number of amides is 1. The summed E-state index contributed by atoms with van der Waals surface area (Å²) in [5.74, 6) is -0.294. The summed E-state index contributed by atoms with van der Waals surface area (Å²) >= 11 is 2.10. The van der Waals surface area contributed by atoms with Gasteiger partial charge < -0.3 is 10.3 Å². The summed E-state index contributed by atoms with van der Waals surface area (Å²) in [7, 11) is 0. The van der Waals surface area contributed by atoms with Crippen molar-refractivity contribution < 1.29 is 4.79 Å². The highest BCUT2D eigenvalue weighted by Crippen LogP contribution is 2.08. The molecule has 5 heteroatoms. The molecule has 94 valence electrons. The molecule has 0 atom stereocenters. The molecule has 1 aromatic heterocycles. The predicted octanol–water partition coefficient (Wildman–Crippen LogP) is 2.21. The molecule has 1 rings (SSSR count). The van der Waals surface area contributed by atoms with Crippen molar-refractivity contribution in [2.45, 2.75) is 39.7 Å². The lowest BCUT2D eigenvalue weighted by Gasteiger charge is -2.14. The van der Waals surface area contributed by atoms with E-state index in [0.29, 0.717) is 0 Å². The van der Waals surface area contributed by atoms with Crippen LogP contribution in [0.1, 0.15) is 42.7 Å². The van der Waals surface area contributed by atoms with Crippen molar-refractivity contribution in [3.8, 4) is 0 Å². The molecule has 0 aliphatic rings. The Bertz CT molecular complexity index is 464. The number of aryl methyl sites for hydroxylation is 1. The van der Waals surface area contributed by atoms with E-state index >= 15 is 0 Å². The number of carbonyl (C=O) groups is 1. The molecule has 2 N–H and O–H groups in total. The van der Waals surface area contributed by atoms with Crippen LogP contribution in [0.5, 0.6) is 0 Å². The number of hydrogen-bond acceptors (Lipinski definition) is 2. The van der Waals surface area contributed by atoms with Gasteiger partial charge in [0.2, 0.25) is 0 Å². The molecular weight excluding hydrogens is 331 g/mol. The van der Waals surface area contributed by atoms with Gasteiger partial charge in [0.05, 0.1) is 0 Å². The van der Waals surface area contributed by atoms with Gasteiger partial charge in [0.1, 0.15) is 5.56 Å². The van der Waals surface area contributed by atoms with E-state index < -0.39 is 0 Å². The topological polar surface area (TPSA) is 62.0 Å². The number of carbonyl (C=O) groups excluding carboxylic acids is 1. The molecule has 0 aromatic carbocycles. The third kappa shape index (κ3) is 3.55. The Labute approximate surface area is 114 Å². The molecule has 17 heavy (non-hydrogen) atoms. The summed E-state index contributed by atoms with van der Waals surface area (Å²) < 4.78 is 0.886. The summed E-state index contributed by atoms with van der Waals surface area (Å²) in [5, 5.41) is 2.86. The van der Waals surface area contributed by atoms with Crippen LogP contribution in [0.4, 0.5) is 0 Å². The van der Waals surface area contributed by atoms with Gasteiger partial charge in [-0.15, -0.1) is 0 Å². The van der Waals surface area contributed by atoms with Gasteiger partial charge in [0.25, 0.3) is 11.5 Å². The van der Waals surface area contributed by atoms with Gasteiger partial charge in [0.15, 0.2) is 0 Å². The molecule has 4 nitrogen and oxygen atoms in total. The highest BCUT2D eigenvalue weighted by molar-refractivity contribution is 14.1. The molecule has 1 amide bonds. The molecule has 0 bridgehead atoms. The first-order valence-corrected chi connectivity index (χ1v) is 6.77. The molecule has 0 unspecified atom stereocenters. The molecule has 1 aromatic rings. The average molecular weight is 348 g/mol. The lowest BCUT2D eigenvalue weighted by atomic mass is 10.1. The monoisotopic (exact) mass is 348 g/mol. The number of nitrogens with one attached hydrogen (secondary N) is 2. The van der Waals surface area contributed by atoms with E-state index in [1.807, 2.05) is 20.8 Å². The number of halogens is 1. The number of hydrogen-bond donors (Lipinski definition) is 2. The van der Waals surface area contributed by atoms with E-state index in [0.717, 1.165) is 22.1 Å². The molecule has 0 aliphatic carbocycles. The van der Waals surface area contributed by atoms with Crippen LogP contribution >= 0.6 is 22.6 Å². The van der Waals surface area contributed by atoms with Crippen LogP contribution in [-0.4, -0.2) is 16.9 Å². The molecule has 1 heterocycles. The van der Waals surface area contributed by atoms with Crippen molar-refractivity contribution in [2.75, 3.05) is 0 Å². The quantitative estimate of drug-likeness (QED) is 0.820. The summed E-state index contributed by atoms with van der Waals surface area (Å²) in [4.78, 5) is 26.3. The van der Waals surface area contributed by atoms with E-state index in [9.17, 15) is 9.59 Å². The third-order valence-corrected chi connectivity index (χ3v) is 3.86. The highest BCUT2D eigenvalue weighted by Gasteiger charge is 2.15. The summed E-state index contributed by atoms with van der Waals surface area (Å²) in [6, 6.07) is 1.76. The largest absolute Gasteiger partial charge is 0.349 e. The van der Waals surface area contributed by atoms with Gasteiger partial charge in [-0.25, -0.2) is 0 Å². The second kappa shape index (κ2) is 6.18. The Balaban J connectivity index is 2.97. The lowest BCUT2D eigenvalue weighted by molar-refractivity contribution is 0.0933. The fourth-order valence-electron chi connectivity index (χ4n) is 1.52.